The fourth-order valence-corrected chi connectivity index (χ4v) is 2.87. The highest BCUT2D eigenvalue weighted by atomic mass is 35.5. The van der Waals surface area contributed by atoms with Crippen LogP contribution in [0.5, 0.6) is 0 Å². The molecule has 2 N–H and O–H groups in total. The first-order chi connectivity index (χ1) is 6.70. The van der Waals surface area contributed by atoms with E-state index in [0.717, 1.165) is 32.2 Å². The third kappa shape index (κ3) is 1.75. The Hall–Kier alpha value is -0.640. The number of hydrogen-bond donors (Lipinski definition) is 1. The van der Waals surface area contributed by atoms with Crippen LogP contribution in [0, 0.1) is 6.92 Å². The highest BCUT2D eigenvalue weighted by Crippen LogP contribution is 2.28. The Morgan fingerprint density at radius 1 is 1.50 bits per heavy atom. The number of aryl methyl sites for hydroxylation is 1. The van der Waals surface area contributed by atoms with E-state index in [0.29, 0.717) is 6.54 Å². The first-order valence-electron chi connectivity index (χ1n) is 4.46. The molecule has 1 aromatic heterocycles. The van der Waals surface area contributed by atoms with Crippen molar-refractivity contribution in [3.8, 4) is 0 Å². The smallest absolute Gasteiger partial charge is 0.0951 e. The molecule has 0 fully saturated rings. The minimum absolute atomic E-state index is 0.645. The molecule has 0 amide bonds. The van der Waals surface area contributed by atoms with E-state index in [9.17, 15) is 0 Å². The van der Waals surface area contributed by atoms with Crippen molar-refractivity contribution >= 4 is 33.2 Å². The van der Waals surface area contributed by atoms with Gasteiger partial charge < -0.3 is 5.73 Å². The second-order valence-electron chi connectivity index (χ2n) is 3.22. The van der Waals surface area contributed by atoms with Gasteiger partial charge in [-0.1, -0.05) is 11.6 Å². The number of rotatable bonds is 2. The lowest BCUT2D eigenvalue weighted by Crippen LogP contribution is -2.01. The predicted molar refractivity (Wildman–Crippen MR) is 62.1 cm³/mol. The molecular weight excluding hydrogens is 216 g/mol. The van der Waals surface area contributed by atoms with Gasteiger partial charge >= 0.3 is 0 Å². The van der Waals surface area contributed by atoms with Crippen LogP contribution in [-0.4, -0.2) is 11.5 Å². The van der Waals surface area contributed by atoms with Crippen molar-refractivity contribution in [3.05, 3.63) is 27.7 Å². The van der Waals surface area contributed by atoms with Crippen LogP contribution in [0.3, 0.4) is 0 Å². The Morgan fingerprint density at radius 2 is 2.29 bits per heavy atom. The number of benzene rings is 1. The minimum Gasteiger partial charge on any atom is -0.330 e. The maximum atomic E-state index is 5.96. The molecule has 2 nitrogen and oxygen atoms in total. The average molecular weight is 227 g/mol. The van der Waals surface area contributed by atoms with E-state index in [2.05, 4.69) is 4.98 Å². The van der Waals surface area contributed by atoms with Crippen molar-refractivity contribution in [3.63, 3.8) is 0 Å². The summed E-state index contributed by atoms with van der Waals surface area (Å²) < 4.78 is 1.15. The lowest BCUT2D eigenvalue weighted by Gasteiger charge is -1.94. The molecule has 14 heavy (non-hydrogen) atoms. The normalized spacial score (nSPS) is 11.1. The van der Waals surface area contributed by atoms with Crippen LogP contribution in [-0.2, 0) is 6.42 Å². The predicted octanol–water partition coefficient (Wildman–Crippen LogP) is 2.76. The van der Waals surface area contributed by atoms with Gasteiger partial charge in [0.15, 0.2) is 0 Å². The second kappa shape index (κ2) is 3.85. The van der Waals surface area contributed by atoms with E-state index < -0.39 is 0 Å². The van der Waals surface area contributed by atoms with Gasteiger partial charge in [0, 0.05) is 11.4 Å². The number of nitrogens with zero attached hydrogens (tertiary/aromatic N) is 1. The van der Waals surface area contributed by atoms with Crippen LogP contribution < -0.4 is 5.73 Å². The Labute approximate surface area is 91.7 Å². The van der Waals surface area contributed by atoms with Gasteiger partial charge in [0.1, 0.15) is 0 Å². The largest absolute Gasteiger partial charge is 0.330 e. The standard InChI is InChI=1S/C10H11ClN2S/c1-6-4-7(11)5-8-10(6)13-9(14-8)2-3-12/h4-5H,2-3,12H2,1H3. The number of aromatic nitrogens is 1. The molecule has 0 aliphatic carbocycles. The lowest BCUT2D eigenvalue weighted by molar-refractivity contribution is 0.957. The topological polar surface area (TPSA) is 38.9 Å². The molecule has 4 heteroatoms. The molecule has 0 saturated carbocycles. The Balaban J connectivity index is 2.58. The van der Waals surface area contributed by atoms with Gasteiger partial charge in [0.2, 0.25) is 0 Å². The van der Waals surface area contributed by atoms with Gasteiger partial charge in [0.25, 0.3) is 0 Å². The van der Waals surface area contributed by atoms with Crippen LogP contribution in [0.15, 0.2) is 12.1 Å². The molecule has 2 rings (SSSR count). The average Bonchev–Trinajstić information content (AvgIpc) is 2.48. The van der Waals surface area contributed by atoms with Gasteiger partial charge in [0.05, 0.1) is 15.2 Å². The summed E-state index contributed by atoms with van der Waals surface area (Å²) >= 11 is 7.64. The van der Waals surface area contributed by atoms with Crippen LogP contribution >= 0.6 is 22.9 Å². The molecule has 0 atom stereocenters. The van der Waals surface area contributed by atoms with Crippen molar-refractivity contribution in [2.75, 3.05) is 6.54 Å². The Bertz CT molecular complexity index is 464. The summed E-state index contributed by atoms with van der Waals surface area (Å²) in [7, 11) is 0. The van der Waals surface area contributed by atoms with Gasteiger partial charge in [-0.3, -0.25) is 0 Å². The summed E-state index contributed by atoms with van der Waals surface area (Å²) in [6.45, 7) is 2.67. The minimum atomic E-state index is 0.645. The van der Waals surface area contributed by atoms with Gasteiger partial charge in [-0.15, -0.1) is 11.3 Å². The van der Waals surface area contributed by atoms with E-state index in [4.69, 9.17) is 17.3 Å². The molecule has 0 aliphatic heterocycles. The SMILES string of the molecule is Cc1cc(Cl)cc2sc(CCN)nc12. The lowest BCUT2D eigenvalue weighted by atomic mass is 10.2. The second-order valence-corrected chi connectivity index (χ2v) is 4.77. The van der Waals surface area contributed by atoms with Gasteiger partial charge in [-0.2, -0.15) is 0 Å². The van der Waals surface area contributed by atoms with E-state index >= 15 is 0 Å². The fourth-order valence-electron chi connectivity index (χ4n) is 1.43. The molecule has 74 valence electrons. The molecule has 1 heterocycles. The molecule has 2 aromatic rings. The van der Waals surface area contributed by atoms with Crippen LogP contribution in [0.25, 0.3) is 10.2 Å². The molecule has 0 bridgehead atoms. The summed E-state index contributed by atoms with van der Waals surface area (Å²) in [6.07, 6.45) is 0.844. The zero-order valence-electron chi connectivity index (χ0n) is 7.88. The van der Waals surface area contributed by atoms with Crippen molar-refractivity contribution in [1.29, 1.82) is 0 Å². The van der Waals surface area contributed by atoms with Crippen LogP contribution in [0.2, 0.25) is 5.02 Å². The van der Waals surface area contributed by atoms with Crippen LogP contribution in [0.1, 0.15) is 10.6 Å². The quantitative estimate of drug-likeness (QED) is 0.855. The molecule has 0 aliphatic rings. The van der Waals surface area contributed by atoms with Crippen molar-refractivity contribution in [2.45, 2.75) is 13.3 Å². The Morgan fingerprint density at radius 3 is 3.00 bits per heavy atom. The molecular formula is C10H11ClN2S. The third-order valence-corrected chi connectivity index (χ3v) is 3.33. The van der Waals surface area contributed by atoms with Gasteiger partial charge in [-0.25, -0.2) is 4.98 Å². The van der Waals surface area contributed by atoms with E-state index in [1.54, 1.807) is 11.3 Å². The summed E-state index contributed by atoms with van der Waals surface area (Å²) in [6, 6.07) is 3.90. The van der Waals surface area contributed by atoms with Crippen LogP contribution in [0.4, 0.5) is 0 Å². The third-order valence-electron chi connectivity index (χ3n) is 2.05. The number of fused-ring (bicyclic) bond motifs is 1. The highest BCUT2D eigenvalue weighted by molar-refractivity contribution is 7.18. The summed E-state index contributed by atoms with van der Waals surface area (Å²) in [5.74, 6) is 0. The maximum absolute atomic E-state index is 5.96. The Kier molecular flexibility index (Phi) is 2.72. The molecule has 1 aromatic carbocycles. The van der Waals surface area contributed by atoms with Gasteiger partial charge in [-0.05, 0) is 31.2 Å². The van der Waals surface area contributed by atoms with E-state index in [-0.39, 0.29) is 0 Å². The number of halogens is 1. The fraction of sp³-hybridized carbons (Fsp3) is 0.300. The summed E-state index contributed by atoms with van der Waals surface area (Å²) in [4.78, 5) is 4.52. The monoisotopic (exact) mass is 226 g/mol. The summed E-state index contributed by atoms with van der Waals surface area (Å²) in [5, 5.41) is 1.87. The molecule has 0 unspecified atom stereocenters. The summed E-state index contributed by atoms with van der Waals surface area (Å²) in [5.41, 5.74) is 7.68. The maximum Gasteiger partial charge on any atom is 0.0951 e. The van der Waals surface area contributed by atoms with Crippen molar-refractivity contribution in [2.24, 2.45) is 5.73 Å². The molecule has 0 radical (unpaired) electrons. The molecule has 0 saturated heterocycles. The van der Waals surface area contributed by atoms with Crippen molar-refractivity contribution < 1.29 is 0 Å². The van der Waals surface area contributed by atoms with E-state index in [1.165, 1.54) is 0 Å². The highest BCUT2D eigenvalue weighted by Gasteiger charge is 2.06. The number of hydrogen-bond acceptors (Lipinski definition) is 3. The molecule has 0 spiro atoms. The zero-order valence-corrected chi connectivity index (χ0v) is 9.45. The van der Waals surface area contributed by atoms with E-state index in [1.807, 2.05) is 19.1 Å². The number of nitrogens with two attached hydrogens (primary N) is 1. The first-order valence-corrected chi connectivity index (χ1v) is 5.66. The first kappa shape index (κ1) is 9.90. The number of thiazole rings is 1. The van der Waals surface area contributed by atoms with Crippen molar-refractivity contribution in [1.82, 2.24) is 4.98 Å². The zero-order chi connectivity index (χ0) is 10.1.